The Bertz CT molecular complexity index is 554. The van der Waals surface area contributed by atoms with Gasteiger partial charge in [0.25, 0.3) is 11.6 Å². The monoisotopic (exact) mass is 305 g/mol. The third-order valence-corrected chi connectivity index (χ3v) is 4.32. The highest BCUT2D eigenvalue weighted by Crippen LogP contribution is 2.26. The van der Waals surface area contributed by atoms with Crippen molar-refractivity contribution in [3.8, 4) is 0 Å². The quantitative estimate of drug-likeness (QED) is 0.645. The summed E-state index contributed by atoms with van der Waals surface area (Å²) in [7, 11) is 0. The Morgan fingerprint density at radius 3 is 2.64 bits per heavy atom. The number of nitro groups is 1. The maximum atomic E-state index is 12.4. The summed E-state index contributed by atoms with van der Waals surface area (Å²) in [6.45, 7) is 2.13. The first-order valence-electron chi connectivity index (χ1n) is 7.78. The molecule has 22 heavy (non-hydrogen) atoms. The van der Waals surface area contributed by atoms with Crippen LogP contribution in [0.1, 0.15) is 48.0 Å². The van der Waals surface area contributed by atoms with Crippen LogP contribution in [0.2, 0.25) is 0 Å². The minimum atomic E-state index is -0.481. The second kappa shape index (κ2) is 7.35. The molecule has 120 valence electrons. The summed E-state index contributed by atoms with van der Waals surface area (Å²) >= 11 is 0. The number of nitrogens with one attached hydrogen (secondary N) is 1. The van der Waals surface area contributed by atoms with Crippen molar-refractivity contribution in [1.82, 2.24) is 5.32 Å². The molecule has 3 N–H and O–H groups in total. The molecule has 1 aliphatic rings. The molecule has 1 amide bonds. The number of benzene rings is 1. The summed E-state index contributed by atoms with van der Waals surface area (Å²) < 4.78 is 0. The van der Waals surface area contributed by atoms with E-state index in [1.165, 1.54) is 31.4 Å². The van der Waals surface area contributed by atoms with E-state index in [-0.39, 0.29) is 17.6 Å². The number of nitro benzene ring substituents is 1. The van der Waals surface area contributed by atoms with Gasteiger partial charge in [-0.15, -0.1) is 0 Å². The van der Waals surface area contributed by atoms with E-state index in [9.17, 15) is 14.9 Å². The Kier molecular flexibility index (Phi) is 5.49. The lowest BCUT2D eigenvalue weighted by Gasteiger charge is -2.30. The first-order chi connectivity index (χ1) is 10.5. The fraction of sp³-hybridized carbons (Fsp3) is 0.562. The molecule has 0 saturated heterocycles. The first kappa shape index (κ1) is 16.4. The van der Waals surface area contributed by atoms with Crippen LogP contribution in [0.25, 0.3) is 0 Å². The van der Waals surface area contributed by atoms with E-state index < -0.39 is 4.92 Å². The smallest absolute Gasteiger partial charge is 0.270 e. The largest absolute Gasteiger partial charge is 0.348 e. The van der Waals surface area contributed by atoms with E-state index in [1.54, 1.807) is 13.0 Å². The maximum Gasteiger partial charge on any atom is 0.270 e. The number of aryl methyl sites for hydroxylation is 1. The van der Waals surface area contributed by atoms with Gasteiger partial charge < -0.3 is 11.1 Å². The lowest BCUT2D eigenvalue weighted by molar-refractivity contribution is -0.384. The second-order valence-electron chi connectivity index (χ2n) is 6.03. The van der Waals surface area contributed by atoms with Crippen LogP contribution in [0, 0.1) is 23.0 Å². The highest BCUT2D eigenvalue weighted by atomic mass is 16.6. The molecule has 0 bridgehead atoms. The van der Waals surface area contributed by atoms with Crippen molar-refractivity contribution in [3.63, 3.8) is 0 Å². The SMILES string of the molecule is Cc1cc(C(=O)NC(CN)C2CCCCC2)cc([N+](=O)[O-])c1. The number of non-ortho nitro benzene ring substituents is 1. The van der Waals surface area contributed by atoms with Crippen LogP contribution in [0.3, 0.4) is 0 Å². The molecular weight excluding hydrogens is 282 g/mol. The zero-order valence-electron chi connectivity index (χ0n) is 12.9. The molecule has 2 rings (SSSR count). The number of nitrogens with two attached hydrogens (primary N) is 1. The van der Waals surface area contributed by atoms with E-state index in [2.05, 4.69) is 5.32 Å². The minimum Gasteiger partial charge on any atom is -0.348 e. The van der Waals surface area contributed by atoms with Gasteiger partial charge >= 0.3 is 0 Å². The first-order valence-corrected chi connectivity index (χ1v) is 7.78. The van der Waals surface area contributed by atoms with Crippen molar-refractivity contribution >= 4 is 11.6 Å². The molecule has 1 saturated carbocycles. The van der Waals surface area contributed by atoms with Crippen molar-refractivity contribution in [2.75, 3.05) is 6.54 Å². The maximum absolute atomic E-state index is 12.4. The molecule has 0 spiro atoms. The van der Waals surface area contributed by atoms with Crippen LogP contribution >= 0.6 is 0 Å². The van der Waals surface area contributed by atoms with Gasteiger partial charge in [0.15, 0.2) is 0 Å². The predicted octanol–water partition coefficient (Wildman–Crippen LogP) is 2.54. The van der Waals surface area contributed by atoms with Crippen LogP contribution in [-0.2, 0) is 0 Å². The van der Waals surface area contributed by atoms with Gasteiger partial charge in [0.05, 0.1) is 4.92 Å². The highest BCUT2D eigenvalue weighted by molar-refractivity contribution is 5.95. The number of carbonyl (C=O) groups is 1. The molecule has 0 heterocycles. The Balaban J connectivity index is 2.11. The van der Waals surface area contributed by atoms with Gasteiger partial charge in [0, 0.05) is 30.3 Å². The Hall–Kier alpha value is -1.95. The number of carbonyl (C=O) groups excluding carboxylic acids is 1. The lowest BCUT2D eigenvalue weighted by atomic mass is 9.84. The summed E-state index contributed by atoms with van der Waals surface area (Å²) in [5.41, 5.74) is 6.77. The zero-order valence-corrected chi connectivity index (χ0v) is 12.9. The fourth-order valence-corrected chi connectivity index (χ4v) is 3.16. The number of hydrogen-bond acceptors (Lipinski definition) is 4. The summed E-state index contributed by atoms with van der Waals surface area (Å²) in [5, 5.41) is 13.9. The number of hydrogen-bond donors (Lipinski definition) is 2. The van der Waals surface area contributed by atoms with Gasteiger partial charge in [-0.05, 0) is 37.3 Å². The summed E-state index contributed by atoms with van der Waals surface area (Å²) in [4.78, 5) is 22.8. The summed E-state index contributed by atoms with van der Waals surface area (Å²) in [6.07, 6.45) is 5.75. The van der Waals surface area contributed by atoms with Crippen LogP contribution in [0.15, 0.2) is 18.2 Å². The Labute approximate surface area is 130 Å². The average Bonchev–Trinajstić information content (AvgIpc) is 2.52. The van der Waals surface area contributed by atoms with Crippen molar-refractivity contribution in [2.24, 2.45) is 11.7 Å². The zero-order chi connectivity index (χ0) is 16.1. The summed E-state index contributed by atoms with van der Waals surface area (Å²) in [6, 6.07) is 4.37. The van der Waals surface area contributed by atoms with Crippen molar-refractivity contribution in [3.05, 3.63) is 39.4 Å². The predicted molar refractivity (Wildman–Crippen MR) is 84.7 cm³/mol. The molecule has 1 unspecified atom stereocenters. The van der Waals surface area contributed by atoms with Gasteiger partial charge in [0.2, 0.25) is 0 Å². The van der Waals surface area contributed by atoms with E-state index >= 15 is 0 Å². The number of nitrogens with zero attached hydrogens (tertiary/aromatic N) is 1. The number of rotatable bonds is 5. The van der Waals surface area contributed by atoms with E-state index in [1.807, 2.05) is 0 Å². The average molecular weight is 305 g/mol. The molecule has 1 fully saturated rings. The van der Waals surface area contributed by atoms with Crippen LogP contribution in [-0.4, -0.2) is 23.4 Å². The molecule has 1 aliphatic carbocycles. The van der Waals surface area contributed by atoms with Gasteiger partial charge in [-0.2, -0.15) is 0 Å². The fourth-order valence-electron chi connectivity index (χ4n) is 3.16. The van der Waals surface area contributed by atoms with E-state index in [0.717, 1.165) is 12.8 Å². The van der Waals surface area contributed by atoms with Gasteiger partial charge in [-0.25, -0.2) is 0 Å². The second-order valence-corrected chi connectivity index (χ2v) is 6.03. The van der Waals surface area contributed by atoms with Crippen LogP contribution in [0.4, 0.5) is 5.69 Å². The Morgan fingerprint density at radius 1 is 1.36 bits per heavy atom. The van der Waals surface area contributed by atoms with Crippen LogP contribution in [0.5, 0.6) is 0 Å². The normalized spacial score (nSPS) is 17.0. The standard InChI is InChI=1S/C16H23N3O3/c1-11-7-13(9-14(8-11)19(21)22)16(20)18-15(10-17)12-5-3-2-4-6-12/h7-9,12,15H,2-6,10,17H2,1H3,(H,18,20). The van der Waals surface area contributed by atoms with Crippen molar-refractivity contribution in [2.45, 2.75) is 45.1 Å². The molecule has 1 aromatic rings. The molecule has 0 radical (unpaired) electrons. The molecule has 6 nitrogen and oxygen atoms in total. The lowest BCUT2D eigenvalue weighted by Crippen LogP contribution is -2.45. The van der Waals surface area contributed by atoms with Gasteiger partial charge in [-0.3, -0.25) is 14.9 Å². The third-order valence-electron chi connectivity index (χ3n) is 4.32. The van der Waals surface area contributed by atoms with Gasteiger partial charge in [0.1, 0.15) is 0 Å². The van der Waals surface area contributed by atoms with E-state index in [4.69, 9.17) is 5.73 Å². The van der Waals surface area contributed by atoms with Crippen molar-refractivity contribution in [1.29, 1.82) is 0 Å². The summed E-state index contributed by atoms with van der Waals surface area (Å²) in [5.74, 6) is 0.121. The number of amides is 1. The molecule has 0 aliphatic heterocycles. The van der Waals surface area contributed by atoms with E-state index in [0.29, 0.717) is 23.6 Å². The molecular formula is C16H23N3O3. The molecule has 6 heteroatoms. The Morgan fingerprint density at radius 2 is 2.05 bits per heavy atom. The highest BCUT2D eigenvalue weighted by Gasteiger charge is 2.25. The minimum absolute atomic E-state index is 0.0626. The molecule has 0 aromatic heterocycles. The van der Waals surface area contributed by atoms with Crippen LogP contribution < -0.4 is 11.1 Å². The topological polar surface area (TPSA) is 98.3 Å². The molecule has 1 atom stereocenters. The molecule has 1 aromatic carbocycles. The third kappa shape index (κ3) is 4.04. The van der Waals surface area contributed by atoms with Gasteiger partial charge in [-0.1, -0.05) is 19.3 Å². The van der Waals surface area contributed by atoms with Crippen molar-refractivity contribution < 1.29 is 9.72 Å².